The van der Waals surface area contributed by atoms with E-state index in [1.165, 1.54) is 12.8 Å². The number of nitrogens with zero attached hydrogens (tertiary/aromatic N) is 2. The quantitative estimate of drug-likeness (QED) is 0.496. The van der Waals surface area contributed by atoms with E-state index >= 15 is 0 Å². The van der Waals surface area contributed by atoms with Crippen molar-refractivity contribution < 1.29 is 19.1 Å². The number of rotatable bonds is 12. The van der Waals surface area contributed by atoms with Crippen LogP contribution < -0.4 is 10.6 Å². The summed E-state index contributed by atoms with van der Waals surface area (Å²) in [5.41, 5.74) is 0.644. The molecule has 1 fully saturated rings. The van der Waals surface area contributed by atoms with Crippen molar-refractivity contribution in [3.05, 3.63) is 11.8 Å². The third kappa shape index (κ3) is 7.89. The molecule has 8 nitrogen and oxygen atoms in total. The van der Waals surface area contributed by atoms with Crippen molar-refractivity contribution in [2.24, 2.45) is 5.92 Å². The summed E-state index contributed by atoms with van der Waals surface area (Å²) in [6, 6.07) is 0. The highest BCUT2D eigenvalue weighted by molar-refractivity contribution is 5.93. The molecule has 0 radical (unpaired) electrons. The van der Waals surface area contributed by atoms with E-state index in [1.54, 1.807) is 6.92 Å². The predicted octanol–water partition coefficient (Wildman–Crippen LogP) is 1.67. The third-order valence-electron chi connectivity index (χ3n) is 5.84. The van der Waals surface area contributed by atoms with Crippen molar-refractivity contribution in [3.8, 4) is 0 Å². The molecule has 0 aromatic carbocycles. The first-order valence-electron chi connectivity index (χ1n) is 11.2. The van der Waals surface area contributed by atoms with Gasteiger partial charge in [-0.15, -0.1) is 0 Å². The Morgan fingerprint density at radius 3 is 2.90 bits per heavy atom. The summed E-state index contributed by atoms with van der Waals surface area (Å²) >= 11 is 0. The fourth-order valence-electron chi connectivity index (χ4n) is 3.71. The molecule has 2 aliphatic heterocycles. The van der Waals surface area contributed by atoms with Crippen LogP contribution >= 0.6 is 0 Å². The molecule has 172 valence electrons. The molecule has 30 heavy (non-hydrogen) atoms. The Hall–Kier alpha value is -1.64. The van der Waals surface area contributed by atoms with Crippen LogP contribution in [-0.4, -0.2) is 80.5 Å². The topological polar surface area (TPSA) is 83.1 Å². The number of hydrogen-bond donors (Lipinski definition) is 2. The molecule has 8 heteroatoms. The third-order valence-corrected chi connectivity index (χ3v) is 5.84. The average molecular weight is 425 g/mol. The van der Waals surface area contributed by atoms with E-state index in [0.29, 0.717) is 18.8 Å². The Balaban J connectivity index is 1.91. The highest BCUT2D eigenvalue weighted by atomic mass is 16.6. The summed E-state index contributed by atoms with van der Waals surface area (Å²) in [5, 5.41) is 5.74. The summed E-state index contributed by atoms with van der Waals surface area (Å²) in [7, 11) is 3.94. The van der Waals surface area contributed by atoms with Gasteiger partial charge in [0.05, 0.1) is 12.8 Å². The molecule has 2 aliphatic rings. The summed E-state index contributed by atoms with van der Waals surface area (Å²) < 4.78 is 12.3. The molecule has 0 saturated carbocycles. The molecule has 2 heterocycles. The number of likely N-dealkylation sites (N-methyl/N-ethyl adjacent to an activating group) is 1. The number of amides is 2. The maximum Gasteiger partial charge on any atom is 0.249 e. The monoisotopic (exact) mass is 424 g/mol. The lowest BCUT2D eigenvalue weighted by Crippen LogP contribution is -2.49. The number of carbonyl (C=O) groups excluding carboxylic acids is 2. The van der Waals surface area contributed by atoms with E-state index in [4.69, 9.17) is 9.47 Å². The van der Waals surface area contributed by atoms with E-state index in [1.807, 2.05) is 30.1 Å². The molecular weight excluding hydrogens is 384 g/mol. The van der Waals surface area contributed by atoms with Crippen molar-refractivity contribution in [2.75, 3.05) is 40.5 Å². The standard InChI is InChI=1S/C22H40N4O4/c1-6-16(2)8-7-9-18-12-19(29-14-20(27)23-10-11-25(4)5)22(30-18)26-13-17(3)21(28)24-15-26/h13,16,18-19,22H,6-12,14-15H2,1-5H3,(H,23,27)(H,24,28). The van der Waals surface area contributed by atoms with Crippen molar-refractivity contribution in [1.29, 1.82) is 0 Å². The lowest BCUT2D eigenvalue weighted by atomic mass is 9.99. The summed E-state index contributed by atoms with van der Waals surface area (Å²) in [5.74, 6) is 0.546. The van der Waals surface area contributed by atoms with E-state index in [9.17, 15) is 9.59 Å². The fourth-order valence-corrected chi connectivity index (χ4v) is 3.71. The van der Waals surface area contributed by atoms with Gasteiger partial charge in [-0.1, -0.05) is 33.1 Å². The molecule has 0 aromatic heterocycles. The van der Waals surface area contributed by atoms with Gasteiger partial charge in [0.2, 0.25) is 11.8 Å². The Morgan fingerprint density at radius 1 is 1.47 bits per heavy atom. The van der Waals surface area contributed by atoms with E-state index < -0.39 is 0 Å². The molecule has 0 bridgehead atoms. The van der Waals surface area contributed by atoms with Crippen molar-refractivity contribution in [2.45, 2.75) is 71.3 Å². The SMILES string of the molecule is CCC(C)CCCC1CC(OCC(=O)NCCN(C)C)C(N2C=C(C)C(=O)NC2)O1. The molecular formula is C22H40N4O4. The lowest BCUT2D eigenvalue weighted by molar-refractivity contribution is -0.134. The molecule has 4 unspecified atom stereocenters. The van der Waals surface area contributed by atoms with Crippen LogP contribution in [0.2, 0.25) is 0 Å². The van der Waals surface area contributed by atoms with Crippen molar-refractivity contribution in [3.63, 3.8) is 0 Å². The van der Waals surface area contributed by atoms with E-state index in [2.05, 4.69) is 24.5 Å². The predicted molar refractivity (Wildman–Crippen MR) is 116 cm³/mol. The molecule has 0 spiro atoms. The first-order valence-corrected chi connectivity index (χ1v) is 11.2. The zero-order valence-electron chi connectivity index (χ0n) is 19.3. The number of nitrogens with one attached hydrogen (secondary N) is 2. The minimum absolute atomic E-state index is 0.0143. The zero-order chi connectivity index (χ0) is 22.1. The van der Waals surface area contributed by atoms with Gasteiger partial charge in [0.1, 0.15) is 12.7 Å². The Kier molecular flexibility index (Phi) is 10.1. The van der Waals surface area contributed by atoms with Crippen LogP contribution in [0.3, 0.4) is 0 Å². The van der Waals surface area contributed by atoms with Crippen LogP contribution in [-0.2, 0) is 19.1 Å². The minimum atomic E-state index is -0.302. The number of carbonyl (C=O) groups is 2. The van der Waals surface area contributed by atoms with Crippen molar-refractivity contribution >= 4 is 11.8 Å². The Bertz CT molecular complexity index is 596. The largest absolute Gasteiger partial charge is 0.364 e. The molecule has 0 aromatic rings. The molecule has 2 amide bonds. The fraction of sp³-hybridized carbons (Fsp3) is 0.818. The van der Waals surface area contributed by atoms with E-state index in [-0.39, 0.29) is 36.9 Å². The molecule has 2 rings (SSSR count). The molecule has 4 atom stereocenters. The smallest absolute Gasteiger partial charge is 0.249 e. The van der Waals surface area contributed by atoms with Gasteiger partial charge in [-0.25, -0.2) is 0 Å². The molecule has 0 aliphatic carbocycles. The summed E-state index contributed by atoms with van der Waals surface area (Å²) in [6.07, 6.45) is 6.67. The maximum absolute atomic E-state index is 12.1. The summed E-state index contributed by atoms with van der Waals surface area (Å²) in [6.45, 7) is 8.07. The normalized spacial score (nSPS) is 25.3. The highest BCUT2D eigenvalue weighted by Gasteiger charge is 2.40. The van der Waals surface area contributed by atoms with Gasteiger partial charge in [-0.2, -0.15) is 0 Å². The van der Waals surface area contributed by atoms with Crippen LogP contribution in [0.25, 0.3) is 0 Å². The van der Waals surface area contributed by atoms with Crippen LogP contribution in [0.15, 0.2) is 11.8 Å². The van der Waals surface area contributed by atoms with Gasteiger partial charge < -0.3 is 29.9 Å². The Labute approximate surface area is 181 Å². The van der Waals surface area contributed by atoms with Crippen LogP contribution in [0.5, 0.6) is 0 Å². The van der Waals surface area contributed by atoms with Gasteiger partial charge in [-0.05, 0) is 33.4 Å². The molecule has 2 N–H and O–H groups in total. The first kappa shape index (κ1) is 24.6. The number of hydrogen-bond acceptors (Lipinski definition) is 6. The first-order chi connectivity index (χ1) is 14.3. The number of ether oxygens (including phenoxy) is 2. The van der Waals surface area contributed by atoms with Crippen molar-refractivity contribution in [1.82, 2.24) is 20.4 Å². The van der Waals surface area contributed by atoms with E-state index in [0.717, 1.165) is 31.7 Å². The van der Waals surface area contributed by atoms with Crippen LogP contribution in [0.4, 0.5) is 0 Å². The molecule has 1 saturated heterocycles. The Morgan fingerprint density at radius 2 is 2.23 bits per heavy atom. The van der Waals surface area contributed by atoms with Crippen LogP contribution in [0.1, 0.15) is 52.9 Å². The summed E-state index contributed by atoms with van der Waals surface area (Å²) in [4.78, 5) is 27.9. The second-order valence-electron chi connectivity index (χ2n) is 8.82. The second-order valence-corrected chi connectivity index (χ2v) is 8.82. The maximum atomic E-state index is 12.1. The minimum Gasteiger partial charge on any atom is -0.364 e. The van der Waals surface area contributed by atoms with Gasteiger partial charge in [-0.3, -0.25) is 9.59 Å². The second kappa shape index (κ2) is 12.3. The zero-order valence-corrected chi connectivity index (χ0v) is 19.3. The highest BCUT2D eigenvalue weighted by Crippen LogP contribution is 2.30. The van der Waals surface area contributed by atoms with Crippen LogP contribution in [0, 0.1) is 5.92 Å². The lowest BCUT2D eigenvalue weighted by Gasteiger charge is -2.34. The van der Waals surface area contributed by atoms with Gasteiger partial charge in [0, 0.05) is 31.3 Å². The van der Waals surface area contributed by atoms with Gasteiger partial charge in [0.25, 0.3) is 0 Å². The van der Waals surface area contributed by atoms with Gasteiger partial charge >= 0.3 is 0 Å². The van der Waals surface area contributed by atoms with Gasteiger partial charge in [0.15, 0.2) is 6.23 Å². The average Bonchev–Trinajstić information content (AvgIpc) is 3.11.